The summed E-state index contributed by atoms with van der Waals surface area (Å²) in [5.74, 6) is 0.477. The summed E-state index contributed by atoms with van der Waals surface area (Å²) in [5, 5.41) is 10.4. The Kier molecular flexibility index (Phi) is 5.70. The molecule has 0 saturated heterocycles. The van der Waals surface area contributed by atoms with Gasteiger partial charge in [-0.3, -0.25) is 4.79 Å². The highest BCUT2D eigenvalue weighted by Gasteiger charge is 2.20. The molecule has 0 saturated carbocycles. The maximum absolute atomic E-state index is 11.8. The number of aromatic amines is 1. The number of amides is 1. The summed E-state index contributed by atoms with van der Waals surface area (Å²) >= 11 is 0. The summed E-state index contributed by atoms with van der Waals surface area (Å²) in [4.78, 5) is 11.8. The number of primary amides is 1. The maximum atomic E-state index is 11.8. The van der Waals surface area contributed by atoms with Gasteiger partial charge < -0.3 is 15.2 Å². The van der Waals surface area contributed by atoms with Gasteiger partial charge in [0.05, 0.1) is 5.56 Å². The first-order valence-electron chi connectivity index (χ1n) is 9.39. The van der Waals surface area contributed by atoms with Crippen molar-refractivity contribution in [1.82, 2.24) is 15.4 Å². The molecule has 1 amide bonds. The Balaban J connectivity index is 1.63. The van der Waals surface area contributed by atoms with Gasteiger partial charge in [0.1, 0.15) is 30.4 Å². The van der Waals surface area contributed by atoms with Crippen molar-refractivity contribution >= 4 is 5.91 Å². The van der Waals surface area contributed by atoms with Crippen LogP contribution >= 0.6 is 0 Å². The number of rotatable bonds is 8. The molecule has 0 unspecified atom stereocenters. The predicted octanol–water partition coefficient (Wildman–Crippen LogP) is 3.73. The molecule has 0 aliphatic heterocycles. The molecule has 4 aromatic rings. The molecule has 0 fully saturated rings. The number of H-pyrrole nitrogens is 1. The highest BCUT2D eigenvalue weighted by molar-refractivity contribution is 5.97. The molecule has 30 heavy (non-hydrogen) atoms. The topological polar surface area (TPSA) is 103 Å². The largest absolute Gasteiger partial charge is 0.489 e. The summed E-state index contributed by atoms with van der Waals surface area (Å²) in [6.45, 7) is 0.772. The molecule has 7 nitrogen and oxygen atoms in total. The van der Waals surface area contributed by atoms with Crippen LogP contribution in [0.25, 0.3) is 11.3 Å². The summed E-state index contributed by atoms with van der Waals surface area (Å²) in [6, 6.07) is 25.0. The number of benzene rings is 3. The van der Waals surface area contributed by atoms with Crippen LogP contribution in [0.15, 0.2) is 78.9 Å². The van der Waals surface area contributed by atoms with E-state index < -0.39 is 5.91 Å². The first-order chi connectivity index (χ1) is 14.7. The van der Waals surface area contributed by atoms with E-state index in [0.29, 0.717) is 36.0 Å². The summed E-state index contributed by atoms with van der Waals surface area (Å²) in [5.41, 5.74) is 8.44. The molecule has 0 aliphatic rings. The van der Waals surface area contributed by atoms with E-state index in [1.807, 2.05) is 66.7 Å². The zero-order chi connectivity index (χ0) is 20.8. The lowest BCUT2D eigenvalue weighted by molar-refractivity contribution is 0.0996. The van der Waals surface area contributed by atoms with Crippen LogP contribution in [0.3, 0.4) is 0 Å². The van der Waals surface area contributed by atoms with Crippen LogP contribution in [0.2, 0.25) is 0 Å². The minimum absolute atomic E-state index is 0.0415. The van der Waals surface area contributed by atoms with Gasteiger partial charge in [0.15, 0.2) is 5.69 Å². The molecule has 0 bridgehead atoms. The molecule has 0 atom stereocenters. The quantitative estimate of drug-likeness (QED) is 0.469. The Morgan fingerprint density at radius 3 is 2.10 bits per heavy atom. The summed E-state index contributed by atoms with van der Waals surface area (Å²) in [7, 11) is 0. The van der Waals surface area contributed by atoms with Gasteiger partial charge in [0.2, 0.25) is 0 Å². The second-order valence-electron chi connectivity index (χ2n) is 6.59. The van der Waals surface area contributed by atoms with E-state index in [1.165, 1.54) is 0 Å². The number of hydrogen-bond acceptors (Lipinski definition) is 5. The fourth-order valence-corrected chi connectivity index (χ4v) is 2.98. The maximum Gasteiger partial charge on any atom is 0.271 e. The van der Waals surface area contributed by atoms with Crippen molar-refractivity contribution in [3.05, 3.63) is 95.7 Å². The zero-order valence-corrected chi connectivity index (χ0v) is 16.1. The van der Waals surface area contributed by atoms with E-state index in [4.69, 9.17) is 15.2 Å². The van der Waals surface area contributed by atoms with Gasteiger partial charge >= 0.3 is 0 Å². The van der Waals surface area contributed by atoms with Crippen LogP contribution in [0.1, 0.15) is 21.6 Å². The minimum atomic E-state index is -0.677. The Labute approximate surface area is 173 Å². The fourth-order valence-electron chi connectivity index (χ4n) is 2.98. The van der Waals surface area contributed by atoms with Crippen molar-refractivity contribution < 1.29 is 14.3 Å². The van der Waals surface area contributed by atoms with Gasteiger partial charge in [-0.05, 0) is 29.3 Å². The van der Waals surface area contributed by atoms with Crippen LogP contribution in [0, 0.1) is 0 Å². The Bertz CT molecular complexity index is 1130. The van der Waals surface area contributed by atoms with Gasteiger partial charge in [-0.15, -0.1) is 0 Å². The Morgan fingerprint density at radius 2 is 1.47 bits per heavy atom. The standard InChI is InChI=1S/C23H20N4O3/c24-23(28)22-21(25-27-26-22)19-13-18(29-14-16-7-3-1-4-8-16)11-12-20(19)30-15-17-9-5-2-6-10-17/h1-13H,14-15H2,(H2,24,28)(H,25,26,27). The average molecular weight is 400 g/mol. The summed E-state index contributed by atoms with van der Waals surface area (Å²) in [6.07, 6.45) is 0. The lowest BCUT2D eigenvalue weighted by atomic mass is 10.1. The number of nitrogens with two attached hydrogens (primary N) is 1. The number of nitrogens with one attached hydrogen (secondary N) is 1. The second-order valence-corrected chi connectivity index (χ2v) is 6.59. The number of carbonyl (C=O) groups excluding carboxylic acids is 1. The predicted molar refractivity (Wildman–Crippen MR) is 112 cm³/mol. The van der Waals surface area contributed by atoms with E-state index in [0.717, 1.165) is 11.1 Å². The van der Waals surface area contributed by atoms with E-state index in [-0.39, 0.29) is 5.69 Å². The van der Waals surface area contributed by atoms with Gasteiger partial charge in [0.25, 0.3) is 5.91 Å². The average Bonchev–Trinajstić information content (AvgIpc) is 3.28. The van der Waals surface area contributed by atoms with Crippen molar-refractivity contribution in [3.8, 4) is 22.8 Å². The van der Waals surface area contributed by atoms with Crippen LogP contribution < -0.4 is 15.2 Å². The molecule has 3 aromatic carbocycles. The Hall–Kier alpha value is -4.13. The Morgan fingerprint density at radius 1 is 0.833 bits per heavy atom. The van der Waals surface area contributed by atoms with Crippen molar-refractivity contribution in [2.45, 2.75) is 13.2 Å². The zero-order valence-electron chi connectivity index (χ0n) is 16.1. The second kappa shape index (κ2) is 8.91. The molecule has 0 radical (unpaired) electrons. The van der Waals surface area contributed by atoms with Crippen LogP contribution in [-0.4, -0.2) is 21.3 Å². The molecule has 0 spiro atoms. The third kappa shape index (κ3) is 4.47. The molecule has 1 heterocycles. The van der Waals surface area contributed by atoms with E-state index in [2.05, 4.69) is 15.4 Å². The minimum Gasteiger partial charge on any atom is -0.489 e. The number of ether oxygens (including phenoxy) is 2. The lowest BCUT2D eigenvalue weighted by Crippen LogP contribution is -2.13. The van der Waals surface area contributed by atoms with Crippen molar-refractivity contribution in [3.63, 3.8) is 0 Å². The van der Waals surface area contributed by atoms with E-state index >= 15 is 0 Å². The van der Waals surface area contributed by atoms with Crippen molar-refractivity contribution in [2.75, 3.05) is 0 Å². The number of hydrogen-bond donors (Lipinski definition) is 2. The van der Waals surface area contributed by atoms with E-state index in [9.17, 15) is 4.79 Å². The van der Waals surface area contributed by atoms with E-state index in [1.54, 1.807) is 12.1 Å². The molecular weight excluding hydrogens is 380 g/mol. The number of carbonyl (C=O) groups is 1. The smallest absolute Gasteiger partial charge is 0.271 e. The summed E-state index contributed by atoms with van der Waals surface area (Å²) < 4.78 is 11.9. The highest BCUT2D eigenvalue weighted by atomic mass is 16.5. The van der Waals surface area contributed by atoms with Crippen LogP contribution in [-0.2, 0) is 13.2 Å². The monoisotopic (exact) mass is 400 g/mol. The molecule has 3 N–H and O–H groups in total. The molecule has 4 rings (SSSR count). The molecule has 7 heteroatoms. The number of nitrogens with zero attached hydrogens (tertiary/aromatic N) is 2. The van der Waals surface area contributed by atoms with Crippen molar-refractivity contribution in [2.24, 2.45) is 5.73 Å². The first kappa shape index (κ1) is 19.2. The van der Waals surface area contributed by atoms with Crippen LogP contribution in [0.4, 0.5) is 0 Å². The third-order valence-electron chi connectivity index (χ3n) is 4.47. The highest BCUT2D eigenvalue weighted by Crippen LogP contribution is 2.34. The van der Waals surface area contributed by atoms with Gasteiger partial charge in [-0.25, -0.2) is 0 Å². The first-order valence-corrected chi connectivity index (χ1v) is 9.39. The SMILES string of the molecule is NC(=O)c1n[nH]nc1-c1cc(OCc2ccccc2)ccc1OCc1ccccc1. The third-order valence-corrected chi connectivity index (χ3v) is 4.47. The lowest BCUT2D eigenvalue weighted by Gasteiger charge is -2.13. The fraction of sp³-hybridized carbons (Fsp3) is 0.0870. The van der Waals surface area contributed by atoms with Crippen LogP contribution in [0.5, 0.6) is 11.5 Å². The molecule has 0 aliphatic carbocycles. The van der Waals surface area contributed by atoms with Gasteiger partial charge in [-0.2, -0.15) is 15.4 Å². The molecule has 150 valence electrons. The van der Waals surface area contributed by atoms with Gasteiger partial charge in [-0.1, -0.05) is 60.7 Å². The van der Waals surface area contributed by atoms with Crippen molar-refractivity contribution in [1.29, 1.82) is 0 Å². The number of aromatic nitrogens is 3. The normalized spacial score (nSPS) is 10.5. The molecule has 1 aromatic heterocycles. The molecular formula is C23H20N4O3. The van der Waals surface area contributed by atoms with Gasteiger partial charge in [0, 0.05) is 0 Å².